The molecule has 0 aromatic heterocycles. The second-order valence-corrected chi connectivity index (χ2v) is 11.6. The van der Waals surface area contributed by atoms with Crippen LogP contribution in [0.25, 0.3) is 0 Å². The summed E-state index contributed by atoms with van der Waals surface area (Å²) in [7, 11) is 0. The summed E-state index contributed by atoms with van der Waals surface area (Å²) in [4.78, 5) is 69.2. The summed E-state index contributed by atoms with van der Waals surface area (Å²) in [5.74, 6) is -0.280. The van der Waals surface area contributed by atoms with Gasteiger partial charge in [0.2, 0.25) is 17.7 Å². The lowest BCUT2D eigenvalue weighted by Gasteiger charge is -2.38. The molecule has 4 amide bonds. The molecule has 13 heteroatoms. The number of carbonyl (C=O) groups excluding carboxylic acids is 4. The number of hydrogen-bond donors (Lipinski definition) is 1. The van der Waals surface area contributed by atoms with Gasteiger partial charge in [-0.3, -0.25) is 39.5 Å². The number of likely N-dealkylation sites (tertiary alicyclic amines) is 1. The molecule has 44 heavy (non-hydrogen) atoms. The topological polar surface area (TPSA) is 146 Å². The van der Waals surface area contributed by atoms with Gasteiger partial charge in [0.25, 0.3) is 11.6 Å². The van der Waals surface area contributed by atoms with Gasteiger partial charge in [-0.25, -0.2) is 0 Å². The zero-order valence-corrected chi connectivity index (χ0v) is 24.5. The predicted octanol–water partition coefficient (Wildman–Crippen LogP) is 1.94. The average Bonchev–Trinajstić information content (AvgIpc) is 3.64. The quantitative estimate of drug-likeness (QED) is 0.196. The van der Waals surface area contributed by atoms with Gasteiger partial charge in [0.1, 0.15) is 17.5 Å². The fourth-order valence-corrected chi connectivity index (χ4v) is 6.78. The fourth-order valence-electron chi connectivity index (χ4n) is 6.78. The Balaban J connectivity index is 0.995. The van der Waals surface area contributed by atoms with Gasteiger partial charge in [-0.1, -0.05) is 18.2 Å². The van der Waals surface area contributed by atoms with E-state index >= 15 is 0 Å². The number of nitrogens with zero attached hydrogens (tertiary/aromatic N) is 5. The molecule has 0 spiro atoms. The van der Waals surface area contributed by atoms with Gasteiger partial charge in [0, 0.05) is 56.3 Å². The minimum absolute atomic E-state index is 0.0789. The summed E-state index contributed by atoms with van der Waals surface area (Å²) in [6.45, 7) is 4.33. The fraction of sp³-hybridized carbons (Fsp3) is 0.484. The number of nitro benzene ring substituents is 1. The van der Waals surface area contributed by atoms with Crippen molar-refractivity contribution >= 4 is 35.0 Å². The number of benzene rings is 2. The number of para-hydroxylation sites is 2. The minimum Gasteiger partial charge on any atom is -0.493 e. The predicted molar refractivity (Wildman–Crippen MR) is 159 cm³/mol. The van der Waals surface area contributed by atoms with Crippen LogP contribution < -0.4 is 15.0 Å². The molecular weight excluding hydrogens is 568 g/mol. The molecule has 1 unspecified atom stereocenters. The van der Waals surface area contributed by atoms with E-state index < -0.39 is 11.9 Å². The van der Waals surface area contributed by atoms with Crippen LogP contribution in [-0.2, 0) is 20.9 Å². The highest BCUT2D eigenvalue weighted by molar-refractivity contribution is 6.05. The van der Waals surface area contributed by atoms with Crippen molar-refractivity contribution in [3.63, 3.8) is 0 Å². The second-order valence-electron chi connectivity index (χ2n) is 11.6. The third-order valence-electron chi connectivity index (χ3n) is 9.05. The highest BCUT2D eigenvalue weighted by Gasteiger charge is 2.40. The number of rotatable bonds is 9. The number of nitrogens with one attached hydrogen (secondary N) is 1. The summed E-state index contributed by atoms with van der Waals surface area (Å²) < 4.78 is 6.12. The highest BCUT2D eigenvalue weighted by atomic mass is 16.6. The van der Waals surface area contributed by atoms with Crippen molar-refractivity contribution in [3.05, 3.63) is 63.7 Å². The summed E-state index contributed by atoms with van der Waals surface area (Å²) >= 11 is 0. The van der Waals surface area contributed by atoms with E-state index in [2.05, 4.69) is 10.2 Å². The van der Waals surface area contributed by atoms with Crippen LogP contribution in [-0.4, -0.2) is 101 Å². The first-order valence-electron chi connectivity index (χ1n) is 15.2. The van der Waals surface area contributed by atoms with E-state index in [0.29, 0.717) is 69.2 Å². The Hall–Kier alpha value is -4.52. The number of piperazine rings is 1. The van der Waals surface area contributed by atoms with E-state index in [4.69, 9.17) is 4.74 Å². The van der Waals surface area contributed by atoms with E-state index in [-0.39, 0.29) is 47.3 Å². The van der Waals surface area contributed by atoms with Crippen molar-refractivity contribution < 1.29 is 28.8 Å². The molecular formula is C31H36N6O7. The first-order chi connectivity index (χ1) is 21.3. The van der Waals surface area contributed by atoms with E-state index in [1.807, 2.05) is 15.9 Å². The van der Waals surface area contributed by atoms with Gasteiger partial charge in [-0.05, 0) is 50.4 Å². The zero-order valence-electron chi connectivity index (χ0n) is 24.5. The average molecular weight is 605 g/mol. The first-order valence-corrected chi connectivity index (χ1v) is 15.2. The van der Waals surface area contributed by atoms with E-state index in [9.17, 15) is 29.3 Å². The zero-order chi connectivity index (χ0) is 30.8. The Bertz CT molecular complexity index is 1470. The molecule has 0 aliphatic carbocycles. The maximum Gasteiger partial charge on any atom is 0.292 e. The number of nitro groups is 1. The summed E-state index contributed by atoms with van der Waals surface area (Å²) in [5, 5.41) is 13.8. The van der Waals surface area contributed by atoms with Gasteiger partial charge in [0.15, 0.2) is 0 Å². The lowest BCUT2D eigenvalue weighted by atomic mass is 10.0. The maximum atomic E-state index is 13.5. The van der Waals surface area contributed by atoms with Crippen LogP contribution in [0.2, 0.25) is 0 Å². The molecule has 0 bridgehead atoms. The van der Waals surface area contributed by atoms with Gasteiger partial charge >= 0.3 is 0 Å². The van der Waals surface area contributed by atoms with Crippen molar-refractivity contribution in [3.8, 4) is 5.75 Å². The third-order valence-corrected chi connectivity index (χ3v) is 9.05. The normalized spacial score (nSPS) is 22.3. The number of piperidine rings is 1. The van der Waals surface area contributed by atoms with Crippen LogP contribution >= 0.6 is 0 Å². The van der Waals surface area contributed by atoms with Crippen LogP contribution in [0.3, 0.4) is 0 Å². The lowest BCUT2D eigenvalue weighted by molar-refractivity contribution is -0.384. The minimum atomic E-state index is -0.676. The molecule has 1 N–H and O–H groups in total. The van der Waals surface area contributed by atoms with Gasteiger partial charge in [-0.2, -0.15) is 0 Å². The number of anilines is 1. The number of hydrogen-bond acceptors (Lipinski definition) is 9. The number of amides is 4. The molecule has 4 aliphatic heterocycles. The molecule has 232 valence electrons. The number of imide groups is 1. The largest absolute Gasteiger partial charge is 0.493 e. The Morgan fingerprint density at radius 2 is 1.80 bits per heavy atom. The van der Waals surface area contributed by atoms with Gasteiger partial charge in [0.05, 0.1) is 24.1 Å². The Kier molecular flexibility index (Phi) is 8.47. The summed E-state index contributed by atoms with van der Waals surface area (Å²) in [6, 6.07) is 11.2. The molecule has 4 heterocycles. The molecule has 2 aromatic carbocycles. The smallest absolute Gasteiger partial charge is 0.292 e. The molecule has 2 aromatic rings. The number of ether oxygens (including phenoxy) is 1. The van der Waals surface area contributed by atoms with E-state index in [1.54, 1.807) is 30.3 Å². The number of carbonyl (C=O) groups is 4. The molecule has 4 aliphatic rings. The molecule has 13 nitrogen and oxygen atoms in total. The van der Waals surface area contributed by atoms with Crippen LogP contribution in [0.5, 0.6) is 5.75 Å². The van der Waals surface area contributed by atoms with Crippen molar-refractivity contribution in [1.29, 1.82) is 0 Å². The lowest BCUT2D eigenvalue weighted by Crippen LogP contribution is -2.54. The molecule has 3 saturated heterocycles. The molecule has 2 atom stereocenters. The van der Waals surface area contributed by atoms with Crippen molar-refractivity contribution in [2.75, 3.05) is 50.8 Å². The third kappa shape index (κ3) is 5.83. The van der Waals surface area contributed by atoms with E-state index in [0.717, 1.165) is 24.9 Å². The number of fused-ring (bicyclic) bond motifs is 1. The Labute approximate surface area is 254 Å². The van der Waals surface area contributed by atoms with Crippen molar-refractivity contribution in [2.24, 2.45) is 0 Å². The SMILES string of the molecule is O=C1CCC(N2Cc3c(OCCCN4CCC[C@@H]4C(=O)N4CCN(c5ccccc5[N+](=O)[O-])CC4)cccc3C2=O)C(=O)N1. The molecule has 0 saturated carbocycles. The van der Waals surface area contributed by atoms with Crippen LogP contribution in [0.4, 0.5) is 11.4 Å². The monoisotopic (exact) mass is 604 g/mol. The molecule has 0 radical (unpaired) electrons. The Morgan fingerprint density at radius 3 is 2.57 bits per heavy atom. The van der Waals surface area contributed by atoms with Crippen LogP contribution in [0.15, 0.2) is 42.5 Å². The van der Waals surface area contributed by atoms with Gasteiger partial charge in [-0.15, -0.1) is 0 Å². The second kappa shape index (κ2) is 12.6. The first kappa shape index (κ1) is 29.5. The maximum absolute atomic E-state index is 13.5. The standard InChI is InChI=1S/C31H36N6O7/c38-28-12-11-25(29(39)32-28)36-20-22-21(30(36)40)6-3-10-27(22)44-19-5-14-33-13-4-9-26(33)31(41)35-17-15-34(16-18-35)23-7-1-2-8-24(23)37(42)43/h1-3,6-8,10,25-26H,4-5,9,11-20H2,(H,32,38,39)/t25?,26-/m1/s1. The van der Waals surface area contributed by atoms with E-state index in [1.165, 1.54) is 11.0 Å². The van der Waals surface area contributed by atoms with Gasteiger partial charge < -0.3 is 19.4 Å². The molecule has 6 rings (SSSR count). The van der Waals surface area contributed by atoms with Crippen molar-refractivity contribution in [2.45, 2.75) is 50.7 Å². The van der Waals surface area contributed by atoms with Crippen LogP contribution in [0, 0.1) is 10.1 Å². The molecule has 3 fully saturated rings. The summed E-state index contributed by atoms with van der Waals surface area (Å²) in [5.41, 5.74) is 1.93. The highest BCUT2D eigenvalue weighted by Crippen LogP contribution is 2.34. The van der Waals surface area contributed by atoms with Crippen molar-refractivity contribution in [1.82, 2.24) is 20.0 Å². The van der Waals surface area contributed by atoms with Crippen LogP contribution in [0.1, 0.15) is 48.0 Å². The Morgan fingerprint density at radius 1 is 1.00 bits per heavy atom. The summed E-state index contributed by atoms with van der Waals surface area (Å²) in [6.07, 6.45) is 2.95.